The topological polar surface area (TPSA) is 46.5 Å². The van der Waals surface area contributed by atoms with Gasteiger partial charge < -0.3 is 19.5 Å². The third kappa shape index (κ3) is 3.62. The van der Waals surface area contributed by atoms with Gasteiger partial charge in [0.05, 0.1) is 30.6 Å². The second-order valence-corrected chi connectivity index (χ2v) is 7.73. The number of carbonyl (C=O) groups excluding carboxylic acids is 1. The first-order valence-electron chi connectivity index (χ1n) is 10.9. The number of hydrogen-bond acceptors (Lipinski definition) is 2. The van der Waals surface area contributed by atoms with E-state index < -0.39 is 0 Å². The Morgan fingerprint density at radius 3 is 2.53 bits per heavy atom. The molecule has 0 bridgehead atoms. The number of carbonyl (C=O) groups is 1. The van der Waals surface area contributed by atoms with Crippen molar-refractivity contribution in [2.24, 2.45) is 0 Å². The van der Waals surface area contributed by atoms with E-state index in [1.165, 1.54) is 0 Å². The quantitative estimate of drug-likeness (QED) is 0.437. The molecule has 2 amide bonds. The third-order valence-electron chi connectivity index (χ3n) is 5.77. The molecule has 1 aromatic heterocycles. The Balaban J connectivity index is 1.60. The Labute approximate surface area is 187 Å². The smallest absolute Gasteiger partial charge is 0.323 e. The minimum Gasteiger partial charge on any atom is -0.492 e. The number of amides is 2. The van der Waals surface area contributed by atoms with Gasteiger partial charge in [-0.3, -0.25) is 0 Å². The SMILES string of the molecule is CCOc1ccccc1NC(=O)N1Cc2ccccc2-n2cccc2[C@@H]1c1ccccc1. The van der Waals surface area contributed by atoms with E-state index in [0.29, 0.717) is 24.6 Å². The molecule has 0 saturated carbocycles. The van der Waals surface area contributed by atoms with E-state index >= 15 is 0 Å². The van der Waals surface area contributed by atoms with Gasteiger partial charge in [0, 0.05) is 11.9 Å². The van der Waals surface area contributed by atoms with Crippen LogP contribution in [0, 0.1) is 0 Å². The van der Waals surface area contributed by atoms with E-state index in [0.717, 1.165) is 22.5 Å². The van der Waals surface area contributed by atoms with Gasteiger partial charge in [-0.2, -0.15) is 0 Å². The lowest BCUT2D eigenvalue weighted by Gasteiger charge is -2.31. The van der Waals surface area contributed by atoms with Gasteiger partial charge in [-0.15, -0.1) is 0 Å². The van der Waals surface area contributed by atoms with Crippen LogP contribution in [0.15, 0.2) is 97.2 Å². The molecular weight excluding hydrogens is 398 g/mol. The monoisotopic (exact) mass is 423 g/mol. The summed E-state index contributed by atoms with van der Waals surface area (Å²) in [5.74, 6) is 0.665. The highest BCUT2D eigenvalue weighted by Crippen LogP contribution is 2.37. The van der Waals surface area contributed by atoms with Gasteiger partial charge in [-0.25, -0.2) is 4.79 Å². The Morgan fingerprint density at radius 1 is 0.938 bits per heavy atom. The zero-order valence-electron chi connectivity index (χ0n) is 17.9. The lowest BCUT2D eigenvalue weighted by Crippen LogP contribution is -2.38. The minimum atomic E-state index is -0.238. The van der Waals surface area contributed by atoms with Crippen LogP contribution in [-0.4, -0.2) is 22.1 Å². The van der Waals surface area contributed by atoms with Crippen LogP contribution in [0.3, 0.4) is 0 Å². The summed E-state index contributed by atoms with van der Waals surface area (Å²) in [5, 5.41) is 3.10. The van der Waals surface area contributed by atoms with Crippen LogP contribution in [0.25, 0.3) is 5.69 Å². The fraction of sp³-hybridized carbons (Fsp3) is 0.148. The molecule has 0 radical (unpaired) electrons. The van der Waals surface area contributed by atoms with Gasteiger partial charge in [-0.1, -0.05) is 60.7 Å². The second-order valence-electron chi connectivity index (χ2n) is 7.73. The molecule has 5 rings (SSSR count). The summed E-state index contributed by atoms with van der Waals surface area (Å²) >= 11 is 0. The number of aromatic nitrogens is 1. The Bertz CT molecular complexity index is 1230. The minimum absolute atomic E-state index is 0.171. The van der Waals surface area contributed by atoms with Crippen molar-refractivity contribution < 1.29 is 9.53 Å². The average molecular weight is 424 g/mol. The molecule has 0 fully saturated rings. The molecule has 1 aliphatic rings. The molecular formula is C27H25N3O2. The number of benzene rings is 3. The van der Waals surface area contributed by atoms with Crippen molar-refractivity contribution in [3.05, 3.63) is 114 Å². The van der Waals surface area contributed by atoms with Crippen molar-refractivity contribution in [2.45, 2.75) is 19.5 Å². The molecule has 0 spiro atoms. The van der Waals surface area contributed by atoms with Crippen molar-refractivity contribution in [1.29, 1.82) is 0 Å². The molecule has 4 aromatic rings. The largest absolute Gasteiger partial charge is 0.492 e. The summed E-state index contributed by atoms with van der Waals surface area (Å²) in [7, 11) is 0. The van der Waals surface area contributed by atoms with Gasteiger partial charge in [0.25, 0.3) is 0 Å². The van der Waals surface area contributed by atoms with Gasteiger partial charge in [0.2, 0.25) is 0 Å². The summed E-state index contributed by atoms with van der Waals surface area (Å²) in [4.78, 5) is 15.7. The lowest BCUT2D eigenvalue weighted by atomic mass is 10.0. The molecule has 0 aliphatic carbocycles. The average Bonchev–Trinajstić information content (AvgIpc) is 3.25. The molecule has 32 heavy (non-hydrogen) atoms. The molecule has 1 atom stereocenters. The number of urea groups is 1. The Kier molecular flexibility index (Phi) is 5.38. The highest BCUT2D eigenvalue weighted by molar-refractivity contribution is 5.91. The van der Waals surface area contributed by atoms with Crippen LogP contribution in [0.5, 0.6) is 5.75 Å². The standard InChI is InChI=1S/C27H25N3O2/c1-2-32-25-17-9-7-14-22(25)28-27(31)30-19-21-13-6-8-15-23(21)29-18-10-16-24(29)26(30)20-11-4-3-5-12-20/h3-18,26H,2,19H2,1H3,(H,28,31)/t26-/m0/s1. The van der Waals surface area contributed by atoms with Crippen LogP contribution in [-0.2, 0) is 6.54 Å². The van der Waals surface area contributed by atoms with Crippen molar-refractivity contribution in [2.75, 3.05) is 11.9 Å². The molecule has 1 aliphatic heterocycles. The van der Waals surface area contributed by atoms with Crippen molar-refractivity contribution in [3.8, 4) is 11.4 Å². The number of nitrogens with zero attached hydrogens (tertiary/aromatic N) is 2. The predicted molar refractivity (Wildman–Crippen MR) is 126 cm³/mol. The number of para-hydroxylation sites is 3. The molecule has 1 N–H and O–H groups in total. The van der Waals surface area contributed by atoms with Crippen LogP contribution in [0.4, 0.5) is 10.5 Å². The van der Waals surface area contributed by atoms with E-state index in [2.05, 4.69) is 46.4 Å². The predicted octanol–water partition coefficient (Wildman–Crippen LogP) is 6.01. The summed E-state index contributed by atoms with van der Waals surface area (Å²) < 4.78 is 7.91. The zero-order valence-corrected chi connectivity index (χ0v) is 17.9. The van der Waals surface area contributed by atoms with E-state index in [9.17, 15) is 4.79 Å². The highest BCUT2D eigenvalue weighted by Gasteiger charge is 2.33. The van der Waals surface area contributed by atoms with E-state index in [4.69, 9.17) is 4.74 Å². The second kappa shape index (κ2) is 8.63. The van der Waals surface area contributed by atoms with Crippen molar-refractivity contribution in [1.82, 2.24) is 9.47 Å². The summed E-state index contributed by atoms with van der Waals surface area (Å²) in [6.45, 7) is 2.95. The normalized spacial score (nSPS) is 14.8. The fourth-order valence-corrected chi connectivity index (χ4v) is 4.36. The summed E-state index contributed by atoms with van der Waals surface area (Å²) in [5.41, 5.74) is 4.97. The van der Waals surface area contributed by atoms with Gasteiger partial charge in [0.1, 0.15) is 5.75 Å². The molecule has 0 saturated heterocycles. The third-order valence-corrected chi connectivity index (χ3v) is 5.77. The maximum absolute atomic E-state index is 13.8. The number of ether oxygens (including phenoxy) is 1. The highest BCUT2D eigenvalue weighted by atomic mass is 16.5. The van der Waals surface area contributed by atoms with Gasteiger partial charge in [0.15, 0.2) is 0 Å². The number of hydrogen-bond donors (Lipinski definition) is 1. The first-order chi connectivity index (χ1) is 15.8. The van der Waals surface area contributed by atoms with Crippen LogP contribution >= 0.6 is 0 Å². The molecule has 3 aromatic carbocycles. The van der Waals surface area contributed by atoms with Crippen molar-refractivity contribution >= 4 is 11.7 Å². The number of anilines is 1. The van der Waals surface area contributed by atoms with Crippen LogP contribution in [0.1, 0.15) is 29.8 Å². The molecule has 160 valence electrons. The first kappa shape index (κ1) is 19.9. The molecule has 5 nitrogen and oxygen atoms in total. The fourth-order valence-electron chi connectivity index (χ4n) is 4.36. The van der Waals surface area contributed by atoms with Crippen LogP contribution < -0.4 is 10.1 Å². The van der Waals surface area contributed by atoms with Gasteiger partial charge >= 0.3 is 6.03 Å². The number of nitrogens with one attached hydrogen (secondary N) is 1. The Hall–Kier alpha value is -3.99. The maximum atomic E-state index is 13.8. The molecule has 2 heterocycles. The number of rotatable bonds is 4. The summed E-state index contributed by atoms with van der Waals surface area (Å²) in [6, 6.07) is 29.7. The zero-order chi connectivity index (χ0) is 21.9. The van der Waals surface area contributed by atoms with Crippen molar-refractivity contribution in [3.63, 3.8) is 0 Å². The van der Waals surface area contributed by atoms with E-state index in [1.807, 2.05) is 72.5 Å². The molecule has 0 unspecified atom stereocenters. The first-order valence-corrected chi connectivity index (χ1v) is 10.9. The van der Waals surface area contributed by atoms with E-state index in [1.54, 1.807) is 0 Å². The van der Waals surface area contributed by atoms with E-state index in [-0.39, 0.29) is 12.1 Å². The maximum Gasteiger partial charge on any atom is 0.323 e. The Morgan fingerprint density at radius 2 is 1.69 bits per heavy atom. The molecule has 5 heteroatoms. The lowest BCUT2D eigenvalue weighted by molar-refractivity contribution is 0.194. The summed E-state index contributed by atoms with van der Waals surface area (Å²) in [6.07, 6.45) is 2.07. The number of fused-ring (bicyclic) bond motifs is 3. The van der Waals surface area contributed by atoms with Gasteiger partial charge in [-0.05, 0) is 48.4 Å². The van der Waals surface area contributed by atoms with Crippen LogP contribution in [0.2, 0.25) is 0 Å².